The van der Waals surface area contributed by atoms with E-state index in [0.29, 0.717) is 10.8 Å². The van der Waals surface area contributed by atoms with E-state index in [1.165, 1.54) is 6.42 Å². The van der Waals surface area contributed by atoms with Gasteiger partial charge in [-0.05, 0) is 64.1 Å². The molecule has 0 N–H and O–H groups in total. The summed E-state index contributed by atoms with van der Waals surface area (Å²) in [5.74, 6) is 0.541. The lowest BCUT2D eigenvalue weighted by Gasteiger charge is -2.32. The van der Waals surface area contributed by atoms with E-state index in [1.54, 1.807) is 18.2 Å². The molecule has 0 radical (unpaired) electrons. The lowest BCUT2D eigenvalue weighted by molar-refractivity contribution is 0.00578. The number of sulfone groups is 1. The van der Waals surface area contributed by atoms with E-state index in [-0.39, 0.29) is 5.75 Å². The molecule has 0 unspecified atom stereocenters. The highest BCUT2D eigenvalue weighted by Crippen LogP contribution is 2.36. The molecule has 4 nitrogen and oxygen atoms in total. The van der Waals surface area contributed by atoms with Crippen LogP contribution in [-0.2, 0) is 19.1 Å². The Kier molecular flexibility index (Phi) is 5.08. The molecule has 3 rings (SSSR count). The molecule has 2 aliphatic rings. The quantitative estimate of drug-likeness (QED) is 0.769. The third-order valence-electron chi connectivity index (χ3n) is 5.92. The van der Waals surface area contributed by atoms with Crippen LogP contribution in [0.5, 0.6) is 0 Å². The molecular formula is C19H29BO4S. The minimum absolute atomic E-state index is 0.250. The number of hydrogen-bond acceptors (Lipinski definition) is 4. The van der Waals surface area contributed by atoms with Crippen LogP contribution in [-0.4, -0.2) is 32.5 Å². The van der Waals surface area contributed by atoms with Crippen LogP contribution >= 0.6 is 0 Å². The van der Waals surface area contributed by atoms with Gasteiger partial charge in [0.1, 0.15) is 0 Å². The summed E-state index contributed by atoms with van der Waals surface area (Å²) in [5, 5.41) is 0. The Morgan fingerprint density at radius 2 is 1.64 bits per heavy atom. The number of rotatable bonds is 4. The van der Waals surface area contributed by atoms with E-state index >= 15 is 0 Å². The molecule has 1 heterocycles. The summed E-state index contributed by atoms with van der Waals surface area (Å²) in [6, 6.07) is 7.07. The molecule has 1 aromatic rings. The molecule has 1 saturated carbocycles. The fourth-order valence-electron chi connectivity index (χ4n) is 3.59. The maximum atomic E-state index is 12.8. The van der Waals surface area contributed by atoms with Gasteiger partial charge in [-0.1, -0.05) is 31.4 Å². The monoisotopic (exact) mass is 364 g/mol. The van der Waals surface area contributed by atoms with Crippen LogP contribution in [0.4, 0.5) is 0 Å². The molecule has 0 aromatic heterocycles. The van der Waals surface area contributed by atoms with Crippen LogP contribution in [0.1, 0.15) is 59.8 Å². The first kappa shape index (κ1) is 18.9. The van der Waals surface area contributed by atoms with Crippen molar-refractivity contribution in [3.05, 3.63) is 24.3 Å². The van der Waals surface area contributed by atoms with Gasteiger partial charge in [-0.3, -0.25) is 0 Å². The van der Waals surface area contributed by atoms with E-state index in [4.69, 9.17) is 9.31 Å². The summed E-state index contributed by atoms with van der Waals surface area (Å²) in [6.07, 6.45) is 5.57. The molecule has 1 aromatic carbocycles. The van der Waals surface area contributed by atoms with Gasteiger partial charge in [-0.2, -0.15) is 0 Å². The van der Waals surface area contributed by atoms with Crippen molar-refractivity contribution in [3.8, 4) is 0 Å². The maximum Gasteiger partial charge on any atom is 0.494 e. The Morgan fingerprint density at radius 1 is 1.04 bits per heavy atom. The van der Waals surface area contributed by atoms with Crippen molar-refractivity contribution in [1.29, 1.82) is 0 Å². The van der Waals surface area contributed by atoms with Crippen LogP contribution in [0.3, 0.4) is 0 Å². The standard InChI is InChI=1S/C19H29BO4S/c1-18(2)19(3,4)24-20(23-18)16-11-8-12-17(13-16)25(21,22)14-15-9-6-5-7-10-15/h8,11-13,15H,5-7,9-10,14H2,1-4H3. The minimum atomic E-state index is -3.28. The lowest BCUT2D eigenvalue weighted by atomic mass is 9.79. The van der Waals surface area contributed by atoms with Gasteiger partial charge in [0.05, 0.1) is 21.9 Å². The summed E-state index contributed by atoms with van der Waals surface area (Å²) >= 11 is 0. The summed E-state index contributed by atoms with van der Waals surface area (Å²) in [7, 11) is -3.81. The highest BCUT2D eigenvalue weighted by Gasteiger charge is 2.51. The molecule has 1 saturated heterocycles. The molecule has 25 heavy (non-hydrogen) atoms. The first-order chi connectivity index (χ1) is 11.6. The molecule has 0 atom stereocenters. The fourth-order valence-corrected chi connectivity index (χ4v) is 5.34. The molecule has 0 spiro atoms. The van der Waals surface area contributed by atoms with Crippen LogP contribution in [0.25, 0.3) is 0 Å². The predicted molar refractivity (Wildman–Crippen MR) is 101 cm³/mol. The van der Waals surface area contributed by atoms with Crippen molar-refractivity contribution in [2.75, 3.05) is 5.75 Å². The van der Waals surface area contributed by atoms with Crippen molar-refractivity contribution in [1.82, 2.24) is 0 Å². The van der Waals surface area contributed by atoms with Crippen LogP contribution < -0.4 is 5.46 Å². The van der Waals surface area contributed by atoms with Crippen LogP contribution in [0.15, 0.2) is 29.2 Å². The van der Waals surface area contributed by atoms with E-state index in [9.17, 15) is 8.42 Å². The second-order valence-electron chi connectivity index (χ2n) is 8.45. The Morgan fingerprint density at radius 3 is 2.24 bits per heavy atom. The highest BCUT2D eigenvalue weighted by molar-refractivity contribution is 7.91. The molecule has 6 heteroatoms. The lowest BCUT2D eigenvalue weighted by Crippen LogP contribution is -2.41. The highest BCUT2D eigenvalue weighted by atomic mass is 32.2. The van der Waals surface area contributed by atoms with Gasteiger partial charge in [-0.25, -0.2) is 8.42 Å². The average Bonchev–Trinajstić information content (AvgIpc) is 2.76. The van der Waals surface area contributed by atoms with Crippen molar-refractivity contribution >= 4 is 22.4 Å². The fraction of sp³-hybridized carbons (Fsp3) is 0.684. The summed E-state index contributed by atoms with van der Waals surface area (Å²) in [6.45, 7) is 7.99. The minimum Gasteiger partial charge on any atom is -0.399 e. The smallest absolute Gasteiger partial charge is 0.399 e. The zero-order chi connectivity index (χ0) is 18.3. The zero-order valence-corrected chi connectivity index (χ0v) is 16.6. The Labute approximate surface area is 152 Å². The second kappa shape index (κ2) is 6.71. The second-order valence-corrected chi connectivity index (χ2v) is 10.5. The molecule has 138 valence electrons. The molecule has 0 amide bonds. The summed E-state index contributed by atoms with van der Waals surface area (Å²) < 4.78 is 37.8. The predicted octanol–water partition coefficient (Wildman–Crippen LogP) is 3.34. The summed E-state index contributed by atoms with van der Waals surface area (Å²) in [4.78, 5) is 0.380. The van der Waals surface area contributed by atoms with Crippen molar-refractivity contribution in [2.45, 2.75) is 75.9 Å². The third-order valence-corrected chi connectivity index (χ3v) is 7.80. The van der Waals surface area contributed by atoms with Crippen molar-refractivity contribution in [2.24, 2.45) is 5.92 Å². The molecule has 1 aliphatic carbocycles. The Bertz CT molecular complexity index is 705. The molecule has 0 bridgehead atoms. The average molecular weight is 364 g/mol. The van der Waals surface area contributed by atoms with Gasteiger partial charge in [0.25, 0.3) is 0 Å². The first-order valence-electron chi connectivity index (χ1n) is 9.29. The van der Waals surface area contributed by atoms with Gasteiger partial charge in [0.2, 0.25) is 0 Å². The topological polar surface area (TPSA) is 52.6 Å². The van der Waals surface area contributed by atoms with Gasteiger partial charge >= 0.3 is 7.12 Å². The largest absolute Gasteiger partial charge is 0.494 e. The first-order valence-corrected chi connectivity index (χ1v) is 10.9. The van der Waals surface area contributed by atoms with Crippen molar-refractivity contribution in [3.63, 3.8) is 0 Å². The van der Waals surface area contributed by atoms with E-state index in [0.717, 1.165) is 31.1 Å². The van der Waals surface area contributed by atoms with Crippen LogP contribution in [0.2, 0.25) is 0 Å². The van der Waals surface area contributed by atoms with E-state index < -0.39 is 28.2 Å². The van der Waals surface area contributed by atoms with Gasteiger partial charge in [0.15, 0.2) is 9.84 Å². The van der Waals surface area contributed by atoms with E-state index in [2.05, 4.69) is 0 Å². The molecular weight excluding hydrogens is 335 g/mol. The SMILES string of the molecule is CC1(C)OB(c2cccc(S(=O)(=O)CC3CCCCC3)c2)OC1(C)C. The number of benzene rings is 1. The van der Waals surface area contributed by atoms with Gasteiger partial charge < -0.3 is 9.31 Å². The molecule has 2 fully saturated rings. The van der Waals surface area contributed by atoms with Gasteiger partial charge in [0, 0.05) is 0 Å². The zero-order valence-electron chi connectivity index (χ0n) is 15.7. The van der Waals surface area contributed by atoms with Crippen LogP contribution in [0, 0.1) is 5.92 Å². The number of hydrogen-bond donors (Lipinski definition) is 0. The normalized spacial score (nSPS) is 23.8. The summed E-state index contributed by atoms with van der Waals surface area (Å²) in [5.41, 5.74) is -0.105. The Balaban J connectivity index is 1.80. The Hall–Kier alpha value is -0.845. The third kappa shape index (κ3) is 3.96. The van der Waals surface area contributed by atoms with Crippen molar-refractivity contribution < 1.29 is 17.7 Å². The molecule has 1 aliphatic heterocycles. The van der Waals surface area contributed by atoms with Gasteiger partial charge in [-0.15, -0.1) is 0 Å². The van der Waals surface area contributed by atoms with E-state index in [1.807, 2.05) is 33.8 Å². The maximum absolute atomic E-state index is 12.8.